The zero-order valence-electron chi connectivity index (χ0n) is 20.5. The van der Waals surface area contributed by atoms with Gasteiger partial charge in [0.1, 0.15) is 0 Å². The lowest BCUT2D eigenvalue weighted by Crippen LogP contribution is -1.88. The molecule has 5 rings (SSSR count). The topological polar surface area (TPSA) is 0 Å². The zero-order chi connectivity index (χ0) is 23.2. The molecule has 0 aliphatic carbocycles. The van der Waals surface area contributed by atoms with Crippen molar-refractivity contribution in [3.63, 3.8) is 0 Å². The number of unbranched alkanes of at least 4 members (excludes halogenated alkanes) is 7. The van der Waals surface area contributed by atoms with E-state index in [0.29, 0.717) is 0 Å². The lowest BCUT2D eigenvalue weighted by atomic mass is 9.93. The summed E-state index contributed by atoms with van der Waals surface area (Å²) in [5, 5.41) is 8.08. The van der Waals surface area contributed by atoms with E-state index in [0.717, 1.165) is 0 Å². The van der Waals surface area contributed by atoms with Crippen LogP contribution in [0.15, 0.2) is 91.0 Å². The molecule has 0 atom stereocenters. The summed E-state index contributed by atoms with van der Waals surface area (Å²) in [6.07, 6.45) is 12.2. The lowest BCUT2D eigenvalue weighted by Gasteiger charge is -2.11. The molecule has 5 aromatic carbocycles. The van der Waals surface area contributed by atoms with E-state index >= 15 is 0 Å². The Labute approximate surface area is 204 Å². The molecule has 0 unspecified atom stereocenters. The van der Waals surface area contributed by atoms with Crippen LogP contribution in [0.3, 0.4) is 0 Å². The van der Waals surface area contributed by atoms with Crippen LogP contribution >= 0.6 is 0 Å². The summed E-state index contributed by atoms with van der Waals surface area (Å²) < 4.78 is 0. The Hall–Kier alpha value is -3.12. The molecule has 0 N–H and O–H groups in total. The molecule has 0 aromatic heterocycles. The van der Waals surface area contributed by atoms with Crippen molar-refractivity contribution in [2.45, 2.75) is 64.7 Å². The average molecular weight is 445 g/mol. The molecule has 0 spiro atoms. The second-order valence-corrected chi connectivity index (χ2v) is 9.81. The maximum atomic E-state index is 2.42. The van der Waals surface area contributed by atoms with Crippen molar-refractivity contribution in [1.82, 2.24) is 0 Å². The molecule has 0 aliphatic heterocycles. The highest BCUT2D eigenvalue weighted by molar-refractivity contribution is 6.17. The fraction of sp³-hybridized carbons (Fsp3) is 0.294. The Balaban J connectivity index is 1.33. The maximum absolute atomic E-state index is 2.42. The van der Waals surface area contributed by atoms with Crippen molar-refractivity contribution in [2.24, 2.45) is 0 Å². The van der Waals surface area contributed by atoms with Crippen LogP contribution in [0.1, 0.15) is 63.9 Å². The van der Waals surface area contributed by atoms with Gasteiger partial charge in [-0.2, -0.15) is 0 Å². The highest BCUT2D eigenvalue weighted by atomic mass is 14.1. The van der Waals surface area contributed by atoms with Crippen LogP contribution in [0.25, 0.3) is 43.4 Å². The number of hydrogen-bond donors (Lipinski definition) is 0. The van der Waals surface area contributed by atoms with Crippen molar-refractivity contribution in [3.8, 4) is 11.1 Å². The van der Waals surface area contributed by atoms with Crippen LogP contribution in [-0.2, 0) is 6.42 Å². The number of fused-ring (bicyclic) bond motifs is 5. The van der Waals surface area contributed by atoms with Gasteiger partial charge in [0.25, 0.3) is 0 Å². The van der Waals surface area contributed by atoms with Gasteiger partial charge in [-0.15, -0.1) is 0 Å². The third-order valence-electron chi connectivity index (χ3n) is 7.32. The minimum absolute atomic E-state index is 1.20. The second-order valence-electron chi connectivity index (χ2n) is 9.81. The average Bonchev–Trinajstić information content (AvgIpc) is 2.89. The van der Waals surface area contributed by atoms with Crippen LogP contribution in [0.5, 0.6) is 0 Å². The fourth-order valence-corrected chi connectivity index (χ4v) is 5.37. The number of aryl methyl sites for hydroxylation is 1. The Morgan fingerprint density at radius 1 is 0.441 bits per heavy atom. The molecule has 172 valence electrons. The monoisotopic (exact) mass is 444 g/mol. The first-order valence-corrected chi connectivity index (χ1v) is 13.3. The lowest BCUT2D eigenvalue weighted by molar-refractivity contribution is 0.575. The molecule has 0 bridgehead atoms. The predicted molar refractivity (Wildman–Crippen MR) is 151 cm³/mol. The molecule has 0 aliphatic rings. The summed E-state index contributed by atoms with van der Waals surface area (Å²) in [7, 11) is 0. The van der Waals surface area contributed by atoms with Crippen LogP contribution in [0.4, 0.5) is 0 Å². The first-order chi connectivity index (χ1) is 16.8. The Bertz CT molecular complexity index is 1380. The second kappa shape index (κ2) is 10.9. The molecule has 0 heterocycles. The van der Waals surface area contributed by atoms with Gasteiger partial charge in [-0.25, -0.2) is 0 Å². The molecule has 0 fully saturated rings. The SMILES string of the molecule is CCCCCCCCCCc1ccc2c(ccc3c4ccc(-c5ccccc5)cc4ccc23)c1. The summed E-state index contributed by atoms with van der Waals surface area (Å²) in [4.78, 5) is 0. The normalized spacial score (nSPS) is 11.6. The predicted octanol–water partition coefficient (Wildman–Crippen LogP) is 10.5. The summed E-state index contributed by atoms with van der Waals surface area (Å²) >= 11 is 0. The molecule has 0 saturated carbocycles. The summed E-state index contributed by atoms with van der Waals surface area (Å²) in [6, 6.07) is 33.9. The van der Waals surface area contributed by atoms with Gasteiger partial charge in [-0.3, -0.25) is 0 Å². The van der Waals surface area contributed by atoms with Crippen molar-refractivity contribution in [2.75, 3.05) is 0 Å². The van der Waals surface area contributed by atoms with Gasteiger partial charge in [0.15, 0.2) is 0 Å². The highest BCUT2D eigenvalue weighted by Crippen LogP contribution is 2.34. The maximum Gasteiger partial charge on any atom is -0.00990 e. The van der Waals surface area contributed by atoms with Crippen molar-refractivity contribution in [1.29, 1.82) is 0 Å². The minimum Gasteiger partial charge on any atom is -0.0654 e. The van der Waals surface area contributed by atoms with Crippen LogP contribution in [0.2, 0.25) is 0 Å². The number of rotatable bonds is 10. The summed E-state index contributed by atoms with van der Waals surface area (Å²) in [5.41, 5.74) is 4.02. The third kappa shape index (κ3) is 5.02. The number of hydrogen-bond acceptors (Lipinski definition) is 0. The van der Waals surface area contributed by atoms with E-state index in [-0.39, 0.29) is 0 Å². The Morgan fingerprint density at radius 3 is 1.74 bits per heavy atom. The van der Waals surface area contributed by atoms with E-state index in [1.54, 1.807) is 0 Å². The molecule has 0 radical (unpaired) electrons. The minimum atomic E-state index is 1.20. The van der Waals surface area contributed by atoms with E-state index < -0.39 is 0 Å². The van der Waals surface area contributed by atoms with Gasteiger partial charge in [0, 0.05) is 0 Å². The molecular formula is C34H36. The largest absolute Gasteiger partial charge is 0.0654 e. The van der Waals surface area contributed by atoms with Gasteiger partial charge in [-0.05, 0) is 67.9 Å². The first kappa shape index (κ1) is 22.7. The van der Waals surface area contributed by atoms with E-state index in [1.165, 1.54) is 107 Å². The molecule has 34 heavy (non-hydrogen) atoms. The summed E-state index contributed by atoms with van der Waals surface area (Å²) in [5.74, 6) is 0. The van der Waals surface area contributed by atoms with Gasteiger partial charge in [0.05, 0.1) is 0 Å². The third-order valence-corrected chi connectivity index (χ3v) is 7.32. The highest BCUT2D eigenvalue weighted by Gasteiger charge is 2.07. The van der Waals surface area contributed by atoms with Gasteiger partial charge >= 0.3 is 0 Å². The molecule has 5 aromatic rings. The quantitative estimate of drug-likeness (QED) is 0.148. The van der Waals surface area contributed by atoms with Crippen molar-refractivity contribution < 1.29 is 0 Å². The Morgan fingerprint density at radius 2 is 1.03 bits per heavy atom. The van der Waals surface area contributed by atoms with Crippen LogP contribution < -0.4 is 0 Å². The smallest absolute Gasteiger partial charge is 0.00990 e. The molecule has 0 nitrogen and oxygen atoms in total. The van der Waals surface area contributed by atoms with E-state index in [2.05, 4.69) is 97.9 Å². The van der Waals surface area contributed by atoms with E-state index in [4.69, 9.17) is 0 Å². The van der Waals surface area contributed by atoms with Gasteiger partial charge in [0.2, 0.25) is 0 Å². The molecule has 0 heteroatoms. The first-order valence-electron chi connectivity index (χ1n) is 13.3. The zero-order valence-corrected chi connectivity index (χ0v) is 20.5. The molecular weight excluding hydrogens is 408 g/mol. The summed E-state index contributed by atoms with van der Waals surface area (Å²) in [6.45, 7) is 2.29. The standard InChI is InChI=1S/C34H36/c1-2-3-4-5-6-7-8-10-13-26-16-20-31-29(24-26)18-22-34-32-21-17-28(27-14-11-9-12-15-27)25-30(32)19-23-33(31)34/h9,11-12,14-25H,2-8,10,13H2,1H3. The van der Waals surface area contributed by atoms with Crippen molar-refractivity contribution in [3.05, 3.63) is 96.6 Å². The van der Waals surface area contributed by atoms with Crippen LogP contribution in [0, 0.1) is 0 Å². The fourth-order valence-electron chi connectivity index (χ4n) is 5.37. The molecule has 0 saturated heterocycles. The van der Waals surface area contributed by atoms with E-state index in [1.807, 2.05) is 0 Å². The number of benzene rings is 5. The van der Waals surface area contributed by atoms with Gasteiger partial charge < -0.3 is 0 Å². The molecule has 0 amide bonds. The van der Waals surface area contributed by atoms with Gasteiger partial charge in [-0.1, -0.05) is 137 Å². The van der Waals surface area contributed by atoms with E-state index in [9.17, 15) is 0 Å². The van der Waals surface area contributed by atoms with Crippen LogP contribution in [-0.4, -0.2) is 0 Å². The van der Waals surface area contributed by atoms with Crippen molar-refractivity contribution >= 4 is 32.3 Å². The Kier molecular flexibility index (Phi) is 7.25.